The lowest BCUT2D eigenvalue weighted by atomic mass is 9.93. The Morgan fingerprint density at radius 2 is 0.882 bits per heavy atom. The zero-order valence-electron chi connectivity index (χ0n) is 27.6. The van der Waals surface area contributed by atoms with Crippen LogP contribution in [-0.4, -0.2) is 9.97 Å². The lowest BCUT2D eigenvalue weighted by Crippen LogP contribution is -1.97. The highest BCUT2D eigenvalue weighted by atomic mass is 16.3. The summed E-state index contributed by atoms with van der Waals surface area (Å²) in [6.07, 6.45) is 0. The molecule has 10 aromatic rings. The van der Waals surface area contributed by atoms with Gasteiger partial charge in [-0.2, -0.15) is 0 Å². The molecule has 238 valence electrons. The molecule has 0 unspecified atom stereocenters. The second-order valence-corrected chi connectivity index (χ2v) is 13.0. The molecule has 0 fully saturated rings. The standard InChI is InChI=1S/C48H30N2O/c1-3-11-31(12-4-1)32-19-21-35(22-20-32)45-30-44(34-14-5-2-6-15-34)49-48(50-45)42-27-26-37(39-17-9-10-18-40(39)42)36-24-28-46-43(29-36)41-25-23-33-13-7-8-16-38(33)47(41)51-46/h1-30H. The van der Waals surface area contributed by atoms with E-state index in [4.69, 9.17) is 14.4 Å². The Morgan fingerprint density at radius 1 is 0.333 bits per heavy atom. The molecule has 2 heterocycles. The smallest absolute Gasteiger partial charge is 0.161 e. The van der Waals surface area contributed by atoms with Crippen molar-refractivity contribution in [3.63, 3.8) is 0 Å². The number of nitrogens with zero attached hydrogens (tertiary/aromatic N) is 2. The van der Waals surface area contributed by atoms with Crippen molar-refractivity contribution in [1.82, 2.24) is 9.97 Å². The molecule has 0 aliphatic heterocycles. The molecule has 3 heteroatoms. The van der Waals surface area contributed by atoms with E-state index in [1.807, 2.05) is 12.1 Å². The van der Waals surface area contributed by atoms with Crippen molar-refractivity contribution in [2.45, 2.75) is 0 Å². The summed E-state index contributed by atoms with van der Waals surface area (Å²) in [6, 6.07) is 63.8. The maximum Gasteiger partial charge on any atom is 0.161 e. The predicted molar refractivity (Wildman–Crippen MR) is 212 cm³/mol. The van der Waals surface area contributed by atoms with E-state index in [2.05, 4.69) is 170 Å². The third-order valence-electron chi connectivity index (χ3n) is 9.92. The molecule has 0 amide bonds. The minimum absolute atomic E-state index is 0.699. The van der Waals surface area contributed by atoms with Crippen LogP contribution in [0.15, 0.2) is 186 Å². The Balaban J connectivity index is 1.12. The Labute approximate surface area is 295 Å². The van der Waals surface area contributed by atoms with Crippen LogP contribution in [0.3, 0.4) is 0 Å². The molecule has 0 saturated heterocycles. The van der Waals surface area contributed by atoms with E-state index in [0.29, 0.717) is 5.82 Å². The van der Waals surface area contributed by atoms with Gasteiger partial charge in [0, 0.05) is 32.8 Å². The zero-order valence-corrected chi connectivity index (χ0v) is 27.6. The van der Waals surface area contributed by atoms with Gasteiger partial charge in [0.15, 0.2) is 5.82 Å². The van der Waals surface area contributed by atoms with Crippen LogP contribution >= 0.6 is 0 Å². The third-order valence-corrected chi connectivity index (χ3v) is 9.92. The molecule has 10 rings (SSSR count). The summed E-state index contributed by atoms with van der Waals surface area (Å²) in [5, 5.41) is 6.80. The molecule has 0 radical (unpaired) electrons. The van der Waals surface area contributed by atoms with Gasteiger partial charge in [0.25, 0.3) is 0 Å². The molecule has 0 saturated carbocycles. The van der Waals surface area contributed by atoms with Crippen molar-refractivity contribution in [2.24, 2.45) is 0 Å². The van der Waals surface area contributed by atoms with Crippen molar-refractivity contribution >= 4 is 43.5 Å². The van der Waals surface area contributed by atoms with Gasteiger partial charge in [0.2, 0.25) is 0 Å². The Hall–Kier alpha value is -6.84. The van der Waals surface area contributed by atoms with Crippen LogP contribution in [0, 0.1) is 0 Å². The Morgan fingerprint density at radius 3 is 1.63 bits per heavy atom. The van der Waals surface area contributed by atoms with Gasteiger partial charge in [0.05, 0.1) is 11.4 Å². The van der Waals surface area contributed by atoms with Gasteiger partial charge in [0.1, 0.15) is 11.2 Å². The second kappa shape index (κ2) is 11.9. The summed E-state index contributed by atoms with van der Waals surface area (Å²) >= 11 is 0. The number of aromatic nitrogens is 2. The Kier molecular flexibility index (Phi) is 6.81. The monoisotopic (exact) mass is 650 g/mol. The maximum absolute atomic E-state index is 6.43. The van der Waals surface area contributed by atoms with Crippen LogP contribution in [0.1, 0.15) is 0 Å². The fourth-order valence-electron chi connectivity index (χ4n) is 7.35. The number of fused-ring (bicyclic) bond motifs is 6. The van der Waals surface area contributed by atoms with Crippen molar-refractivity contribution in [3.8, 4) is 56.2 Å². The number of hydrogen-bond donors (Lipinski definition) is 0. The van der Waals surface area contributed by atoms with Crippen LogP contribution in [-0.2, 0) is 0 Å². The fraction of sp³-hybridized carbons (Fsp3) is 0. The molecular weight excluding hydrogens is 621 g/mol. The van der Waals surface area contributed by atoms with Gasteiger partial charge < -0.3 is 4.42 Å². The third kappa shape index (κ3) is 5.06. The lowest BCUT2D eigenvalue weighted by Gasteiger charge is -2.14. The highest BCUT2D eigenvalue weighted by molar-refractivity contribution is 6.16. The number of furan rings is 1. The van der Waals surface area contributed by atoms with E-state index in [-0.39, 0.29) is 0 Å². The highest BCUT2D eigenvalue weighted by Gasteiger charge is 2.17. The van der Waals surface area contributed by atoms with Gasteiger partial charge >= 0.3 is 0 Å². The second-order valence-electron chi connectivity index (χ2n) is 13.0. The summed E-state index contributed by atoms with van der Waals surface area (Å²) in [5.74, 6) is 0.699. The van der Waals surface area contributed by atoms with E-state index in [1.165, 1.54) is 16.5 Å². The predicted octanol–water partition coefficient (Wildman–Crippen LogP) is 13.0. The van der Waals surface area contributed by atoms with E-state index < -0.39 is 0 Å². The average Bonchev–Trinajstić information content (AvgIpc) is 3.59. The molecule has 3 nitrogen and oxygen atoms in total. The van der Waals surface area contributed by atoms with E-state index >= 15 is 0 Å². The number of benzene rings is 8. The van der Waals surface area contributed by atoms with Crippen molar-refractivity contribution < 1.29 is 4.42 Å². The van der Waals surface area contributed by atoms with Crippen molar-refractivity contribution in [3.05, 3.63) is 182 Å². The van der Waals surface area contributed by atoms with Crippen molar-refractivity contribution in [2.75, 3.05) is 0 Å². The first-order valence-electron chi connectivity index (χ1n) is 17.2. The molecule has 0 aliphatic carbocycles. The molecule has 51 heavy (non-hydrogen) atoms. The van der Waals surface area contributed by atoms with Gasteiger partial charge in [-0.15, -0.1) is 0 Å². The van der Waals surface area contributed by atoms with Crippen LogP contribution < -0.4 is 0 Å². The topological polar surface area (TPSA) is 38.9 Å². The van der Waals surface area contributed by atoms with E-state index in [1.54, 1.807) is 0 Å². The van der Waals surface area contributed by atoms with Crippen LogP contribution in [0.4, 0.5) is 0 Å². The molecule has 8 aromatic carbocycles. The first-order valence-corrected chi connectivity index (χ1v) is 17.2. The largest absolute Gasteiger partial charge is 0.455 e. The molecule has 0 atom stereocenters. The summed E-state index contributed by atoms with van der Waals surface area (Å²) < 4.78 is 6.43. The summed E-state index contributed by atoms with van der Waals surface area (Å²) in [5.41, 5.74) is 11.4. The maximum atomic E-state index is 6.43. The summed E-state index contributed by atoms with van der Waals surface area (Å²) in [6.45, 7) is 0. The SMILES string of the molecule is c1ccc(-c2ccc(-c3cc(-c4ccccc4)nc(-c4ccc(-c5ccc6oc7c8ccccc8ccc7c6c5)c5ccccc45)n3)cc2)cc1. The average molecular weight is 651 g/mol. The molecule has 0 bridgehead atoms. The molecule has 0 spiro atoms. The Bertz CT molecular complexity index is 2890. The number of rotatable bonds is 5. The van der Waals surface area contributed by atoms with Gasteiger partial charge in [-0.25, -0.2) is 9.97 Å². The van der Waals surface area contributed by atoms with Crippen LogP contribution in [0.25, 0.3) is 99.6 Å². The summed E-state index contributed by atoms with van der Waals surface area (Å²) in [7, 11) is 0. The first kappa shape index (κ1) is 29.1. The molecule has 0 N–H and O–H groups in total. The van der Waals surface area contributed by atoms with Gasteiger partial charge in [-0.1, -0.05) is 152 Å². The normalized spacial score (nSPS) is 11.5. The summed E-state index contributed by atoms with van der Waals surface area (Å²) in [4.78, 5) is 10.4. The highest BCUT2D eigenvalue weighted by Crippen LogP contribution is 2.40. The lowest BCUT2D eigenvalue weighted by molar-refractivity contribution is 0.672. The minimum Gasteiger partial charge on any atom is -0.455 e. The number of hydrogen-bond acceptors (Lipinski definition) is 3. The molecule has 2 aromatic heterocycles. The van der Waals surface area contributed by atoms with Gasteiger partial charge in [-0.05, 0) is 68.7 Å². The molecule has 0 aliphatic rings. The van der Waals surface area contributed by atoms with Crippen LogP contribution in [0.5, 0.6) is 0 Å². The van der Waals surface area contributed by atoms with E-state index in [9.17, 15) is 0 Å². The van der Waals surface area contributed by atoms with E-state index in [0.717, 1.165) is 77.3 Å². The minimum atomic E-state index is 0.699. The first-order chi connectivity index (χ1) is 25.3. The van der Waals surface area contributed by atoms with Gasteiger partial charge in [-0.3, -0.25) is 0 Å². The quantitative estimate of drug-likeness (QED) is 0.186. The molecular formula is C48H30N2O. The fourth-order valence-corrected chi connectivity index (χ4v) is 7.35. The van der Waals surface area contributed by atoms with Crippen molar-refractivity contribution in [1.29, 1.82) is 0 Å². The van der Waals surface area contributed by atoms with Crippen LogP contribution in [0.2, 0.25) is 0 Å². The zero-order chi connectivity index (χ0) is 33.7.